The first-order valence-corrected chi connectivity index (χ1v) is 7.78. The highest BCUT2D eigenvalue weighted by Gasteiger charge is 2.63. The third-order valence-electron chi connectivity index (χ3n) is 5.15. The van der Waals surface area contributed by atoms with Gasteiger partial charge in [0, 0.05) is 11.6 Å². The van der Waals surface area contributed by atoms with Crippen molar-refractivity contribution in [3.63, 3.8) is 0 Å². The Balaban J connectivity index is 2.12. The van der Waals surface area contributed by atoms with Crippen molar-refractivity contribution in [2.75, 3.05) is 19.5 Å². The van der Waals surface area contributed by atoms with Crippen LogP contribution in [0.4, 0.5) is 10.5 Å². The summed E-state index contributed by atoms with van der Waals surface area (Å²) in [6.07, 6.45) is -0.306. The number of esters is 1. The number of likely N-dealkylation sites (tertiary alicyclic amines) is 1. The van der Waals surface area contributed by atoms with Gasteiger partial charge in [0.05, 0.1) is 14.2 Å². The molecule has 3 rings (SSSR count). The number of rotatable bonds is 2. The highest BCUT2D eigenvalue weighted by atomic mass is 16.5. The summed E-state index contributed by atoms with van der Waals surface area (Å²) in [5.41, 5.74) is 1.09. The van der Waals surface area contributed by atoms with E-state index >= 15 is 0 Å². The van der Waals surface area contributed by atoms with Gasteiger partial charge in [-0.15, -0.1) is 0 Å². The lowest BCUT2D eigenvalue weighted by Crippen LogP contribution is -2.60. The van der Waals surface area contributed by atoms with Gasteiger partial charge in [0.1, 0.15) is 11.7 Å². The van der Waals surface area contributed by atoms with Crippen molar-refractivity contribution in [3.8, 4) is 0 Å². The van der Waals surface area contributed by atoms with Crippen LogP contribution in [0.1, 0.15) is 31.7 Å². The summed E-state index contributed by atoms with van der Waals surface area (Å²) in [4.78, 5) is 26.7. The van der Waals surface area contributed by atoms with E-state index in [1.807, 2.05) is 38.1 Å². The van der Waals surface area contributed by atoms with Gasteiger partial charge in [0.15, 0.2) is 0 Å². The Morgan fingerprint density at radius 3 is 2.57 bits per heavy atom. The number of methoxy groups -OCH3 is 2. The van der Waals surface area contributed by atoms with Crippen molar-refractivity contribution in [1.82, 2.24) is 4.90 Å². The molecule has 3 atom stereocenters. The van der Waals surface area contributed by atoms with Crippen molar-refractivity contribution < 1.29 is 19.1 Å². The van der Waals surface area contributed by atoms with Gasteiger partial charge < -0.3 is 14.8 Å². The Kier molecular flexibility index (Phi) is 3.70. The molecule has 0 radical (unpaired) electrons. The fourth-order valence-electron chi connectivity index (χ4n) is 4.01. The lowest BCUT2D eigenvalue weighted by molar-refractivity contribution is -0.156. The summed E-state index contributed by atoms with van der Waals surface area (Å²) in [5.74, 6) is -0.466. The number of anilines is 1. The molecule has 1 saturated heterocycles. The van der Waals surface area contributed by atoms with Crippen LogP contribution in [-0.4, -0.2) is 42.9 Å². The van der Waals surface area contributed by atoms with Crippen LogP contribution in [0.2, 0.25) is 0 Å². The van der Waals surface area contributed by atoms with Crippen LogP contribution >= 0.6 is 0 Å². The van der Waals surface area contributed by atoms with Crippen LogP contribution in [0.25, 0.3) is 0 Å². The number of para-hydroxylation sites is 1. The Labute approximate surface area is 135 Å². The largest absolute Gasteiger partial charge is 0.467 e. The number of carbonyl (C=O) groups is 2. The van der Waals surface area contributed by atoms with Gasteiger partial charge in [-0.1, -0.05) is 32.0 Å². The highest BCUT2D eigenvalue weighted by molar-refractivity contribution is 5.88. The molecular formula is C17H22N2O4. The van der Waals surface area contributed by atoms with E-state index in [1.54, 1.807) is 0 Å². The molecule has 1 fully saturated rings. The molecule has 2 heterocycles. The van der Waals surface area contributed by atoms with Crippen molar-refractivity contribution in [2.45, 2.75) is 37.9 Å². The van der Waals surface area contributed by atoms with Crippen molar-refractivity contribution in [2.24, 2.45) is 5.92 Å². The molecule has 124 valence electrons. The molecule has 1 N–H and O–H groups in total. The topological polar surface area (TPSA) is 67.9 Å². The standard InChI is InChI=1S/C17H22N2O4/c1-10(2)17(15(20)22-3)9-12-11-7-5-6-8-13(11)18-14(12)19(17)16(21)23-4/h5-8,10,12,14,18H,9H2,1-4H3/t12-,14-,17-/m1/s1. The van der Waals surface area contributed by atoms with Crippen LogP contribution < -0.4 is 5.32 Å². The number of benzene rings is 1. The van der Waals surface area contributed by atoms with Gasteiger partial charge in [0.25, 0.3) is 0 Å². The molecular weight excluding hydrogens is 296 g/mol. The number of fused-ring (bicyclic) bond motifs is 3. The zero-order chi connectivity index (χ0) is 16.8. The van der Waals surface area contributed by atoms with Crippen LogP contribution in [0.3, 0.4) is 0 Å². The van der Waals surface area contributed by atoms with Crippen LogP contribution in [0, 0.1) is 5.92 Å². The van der Waals surface area contributed by atoms with E-state index in [0.717, 1.165) is 11.3 Å². The zero-order valence-electron chi connectivity index (χ0n) is 13.8. The van der Waals surface area contributed by atoms with E-state index in [1.165, 1.54) is 19.1 Å². The second-order valence-corrected chi connectivity index (χ2v) is 6.40. The molecule has 0 unspecified atom stereocenters. The second kappa shape index (κ2) is 5.44. The minimum atomic E-state index is -1.03. The Morgan fingerprint density at radius 2 is 1.96 bits per heavy atom. The predicted molar refractivity (Wildman–Crippen MR) is 85.0 cm³/mol. The Morgan fingerprint density at radius 1 is 1.26 bits per heavy atom. The number of nitrogens with one attached hydrogen (secondary N) is 1. The molecule has 0 spiro atoms. The van der Waals surface area contributed by atoms with Gasteiger partial charge in [-0.25, -0.2) is 9.59 Å². The number of nitrogens with zero attached hydrogens (tertiary/aromatic N) is 1. The van der Waals surface area contributed by atoms with E-state index in [9.17, 15) is 9.59 Å². The molecule has 1 amide bonds. The van der Waals surface area contributed by atoms with Crippen LogP contribution in [0.15, 0.2) is 24.3 Å². The first-order chi connectivity index (χ1) is 11.0. The van der Waals surface area contributed by atoms with Gasteiger partial charge in [0.2, 0.25) is 0 Å². The van der Waals surface area contributed by atoms with E-state index in [2.05, 4.69) is 5.32 Å². The average molecular weight is 318 g/mol. The average Bonchev–Trinajstić information content (AvgIpc) is 3.07. The van der Waals surface area contributed by atoms with Crippen LogP contribution in [0.5, 0.6) is 0 Å². The van der Waals surface area contributed by atoms with E-state index < -0.39 is 17.6 Å². The molecule has 6 nitrogen and oxygen atoms in total. The number of amides is 1. The first-order valence-electron chi connectivity index (χ1n) is 7.78. The normalized spacial score (nSPS) is 28.1. The van der Waals surface area contributed by atoms with E-state index in [0.29, 0.717) is 6.42 Å². The molecule has 0 saturated carbocycles. The predicted octanol–water partition coefficient (Wildman–Crippen LogP) is 2.56. The fourth-order valence-corrected chi connectivity index (χ4v) is 4.01. The third kappa shape index (κ3) is 2.00. The molecule has 1 aromatic rings. The SMILES string of the molecule is COC(=O)N1[C@H]2Nc3ccccc3[C@H]2C[C@]1(C(=O)OC)C(C)C. The van der Waals surface area contributed by atoms with Crippen molar-refractivity contribution >= 4 is 17.7 Å². The second-order valence-electron chi connectivity index (χ2n) is 6.40. The minimum Gasteiger partial charge on any atom is -0.467 e. The maximum Gasteiger partial charge on any atom is 0.412 e. The summed E-state index contributed by atoms with van der Waals surface area (Å²) in [6.45, 7) is 3.86. The fraction of sp³-hybridized carbons (Fsp3) is 0.529. The molecule has 6 heteroatoms. The molecule has 0 aromatic heterocycles. The summed E-state index contributed by atoms with van der Waals surface area (Å²) in [7, 11) is 2.69. The Hall–Kier alpha value is -2.24. The monoisotopic (exact) mass is 318 g/mol. The van der Waals surface area contributed by atoms with Gasteiger partial charge >= 0.3 is 12.1 Å². The van der Waals surface area contributed by atoms with Crippen LogP contribution in [-0.2, 0) is 14.3 Å². The van der Waals surface area contributed by atoms with Gasteiger partial charge in [-0.05, 0) is 24.0 Å². The smallest absolute Gasteiger partial charge is 0.412 e. The zero-order valence-corrected chi connectivity index (χ0v) is 13.8. The summed E-state index contributed by atoms with van der Waals surface area (Å²) in [5, 5.41) is 3.37. The maximum atomic E-state index is 12.7. The first kappa shape index (κ1) is 15.6. The number of hydrogen-bond acceptors (Lipinski definition) is 5. The quantitative estimate of drug-likeness (QED) is 0.849. The summed E-state index contributed by atoms with van der Waals surface area (Å²) in [6, 6.07) is 7.94. The Bertz CT molecular complexity index is 645. The van der Waals surface area contributed by atoms with Gasteiger partial charge in [-0.2, -0.15) is 0 Å². The molecule has 2 aliphatic heterocycles. The number of ether oxygens (including phenoxy) is 2. The lowest BCUT2D eigenvalue weighted by atomic mass is 9.80. The molecule has 2 aliphatic rings. The highest BCUT2D eigenvalue weighted by Crippen LogP contribution is 2.53. The van der Waals surface area contributed by atoms with E-state index in [-0.39, 0.29) is 18.0 Å². The molecule has 23 heavy (non-hydrogen) atoms. The summed E-state index contributed by atoms with van der Waals surface area (Å²) < 4.78 is 10.0. The van der Waals surface area contributed by atoms with E-state index in [4.69, 9.17) is 9.47 Å². The summed E-state index contributed by atoms with van der Waals surface area (Å²) >= 11 is 0. The maximum absolute atomic E-state index is 12.7. The third-order valence-corrected chi connectivity index (χ3v) is 5.15. The molecule has 0 aliphatic carbocycles. The number of carbonyl (C=O) groups excluding carboxylic acids is 2. The molecule has 0 bridgehead atoms. The van der Waals surface area contributed by atoms with Crippen molar-refractivity contribution in [3.05, 3.63) is 29.8 Å². The number of hydrogen-bond donors (Lipinski definition) is 1. The molecule has 1 aromatic carbocycles. The lowest BCUT2D eigenvalue weighted by Gasteiger charge is -2.40. The van der Waals surface area contributed by atoms with Gasteiger partial charge in [-0.3, -0.25) is 4.90 Å². The minimum absolute atomic E-state index is 0.0341. The van der Waals surface area contributed by atoms with Crippen molar-refractivity contribution in [1.29, 1.82) is 0 Å².